The molecule has 0 aromatic heterocycles. The molecule has 0 saturated carbocycles. The minimum absolute atomic E-state index is 0.0439. The summed E-state index contributed by atoms with van der Waals surface area (Å²) in [5.74, 6) is -0.129. The Morgan fingerprint density at radius 2 is 1.47 bits per heavy atom. The van der Waals surface area contributed by atoms with Gasteiger partial charge in [0, 0.05) is 18.8 Å². The maximum Gasteiger partial charge on any atom is 0.261 e. The summed E-state index contributed by atoms with van der Waals surface area (Å²) in [6, 6.07) is 25.8. The van der Waals surface area contributed by atoms with Crippen molar-refractivity contribution in [2.45, 2.75) is 31.3 Å². The number of nitrogens with zero attached hydrogens (tertiary/aromatic N) is 1. The number of benzene rings is 4. The van der Waals surface area contributed by atoms with Crippen molar-refractivity contribution in [1.29, 1.82) is 0 Å². The lowest BCUT2D eigenvalue weighted by Crippen LogP contribution is -2.45. The SMILES string of the molecule is COc1ccc(CN(C(=O)COc2ccc(S(=O)(=O)Nc3ccc(F)cc3)cc2)[C@H](C(=O)NCC(C)C)c2ccccc2)cc1. The molecule has 0 bridgehead atoms. The van der Waals surface area contributed by atoms with E-state index >= 15 is 0 Å². The van der Waals surface area contributed by atoms with Crippen LogP contribution in [0.5, 0.6) is 11.5 Å². The number of methoxy groups -OCH3 is 1. The molecule has 0 saturated heterocycles. The summed E-state index contributed by atoms with van der Waals surface area (Å²) in [4.78, 5) is 28.8. The molecule has 11 heteroatoms. The number of halogens is 1. The molecule has 4 aromatic rings. The summed E-state index contributed by atoms with van der Waals surface area (Å²) in [5, 5.41) is 2.96. The Kier molecular flexibility index (Phi) is 11.2. The highest BCUT2D eigenvalue weighted by molar-refractivity contribution is 7.92. The van der Waals surface area contributed by atoms with E-state index in [-0.39, 0.29) is 34.7 Å². The first kappa shape index (κ1) is 33.0. The minimum atomic E-state index is -3.95. The van der Waals surface area contributed by atoms with Crippen molar-refractivity contribution in [3.8, 4) is 11.5 Å². The molecule has 2 amide bonds. The van der Waals surface area contributed by atoms with Gasteiger partial charge in [-0.15, -0.1) is 0 Å². The van der Waals surface area contributed by atoms with Crippen LogP contribution in [0.15, 0.2) is 108 Å². The van der Waals surface area contributed by atoms with Gasteiger partial charge in [0.05, 0.1) is 12.0 Å². The van der Waals surface area contributed by atoms with Gasteiger partial charge in [-0.05, 0) is 77.7 Å². The number of rotatable bonds is 14. The molecule has 0 heterocycles. The Morgan fingerprint density at radius 3 is 2.07 bits per heavy atom. The Hall–Kier alpha value is -4.90. The third-order valence-corrected chi connectivity index (χ3v) is 8.18. The molecule has 9 nitrogen and oxygen atoms in total. The molecular weight excluding hydrogens is 597 g/mol. The lowest BCUT2D eigenvalue weighted by Gasteiger charge is -2.32. The van der Waals surface area contributed by atoms with Crippen LogP contribution in [-0.4, -0.2) is 45.4 Å². The van der Waals surface area contributed by atoms with Crippen LogP contribution in [0.3, 0.4) is 0 Å². The fourth-order valence-corrected chi connectivity index (χ4v) is 5.49. The van der Waals surface area contributed by atoms with Gasteiger partial charge >= 0.3 is 0 Å². The van der Waals surface area contributed by atoms with E-state index in [0.717, 1.165) is 17.7 Å². The van der Waals surface area contributed by atoms with Crippen molar-refractivity contribution >= 4 is 27.5 Å². The average Bonchev–Trinajstić information content (AvgIpc) is 3.04. The highest BCUT2D eigenvalue weighted by atomic mass is 32.2. The van der Waals surface area contributed by atoms with E-state index in [9.17, 15) is 22.4 Å². The van der Waals surface area contributed by atoms with Crippen molar-refractivity contribution < 1.29 is 31.9 Å². The summed E-state index contributed by atoms with van der Waals surface area (Å²) in [6.07, 6.45) is 0. The molecule has 0 unspecified atom stereocenters. The zero-order chi connectivity index (χ0) is 32.4. The number of nitrogens with one attached hydrogen (secondary N) is 2. The molecule has 2 N–H and O–H groups in total. The first-order valence-corrected chi connectivity index (χ1v) is 15.8. The number of anilines is 1. The van der Waals surface area contributed by atoms with Crippen molar-refractivity contribution in [1.82, 2.24) is 10.2 Å². The number of amides is 2. The van der Waals surface area contributed by atoms with Crippen LogP contribution < -0.4 is 19.5 Å². The van der Waals surface area contributed by atoms with Gasteiger partial charge < -0.3 is 19.7 Å². The van der Waals surface area contributed by atoms with E-state index < -0.39 is 34.4 Å². The van der Waals surface area contributed by atoms with Crippen LogP contribution in [0, 0.1) is 11.7 Å². The monoisotopic (exact) mass is 633 g/mol. The Morgan fingerprint density at radius 1 is 0.844 bits per heavy atom. The first-order valence-electron chi connectivity index (χ1n) is 14.3. The van der Waals surface area contributed by atoms with Crippen LogP contribution in [0.1, 0.15) is 31.0 Å². The van der Waals surface area contributed by atoms with Gasteiger partial charge in [-0.25, -0.2) is 12.8 Å². The zero-order valence-corrected chi connectivity index (χ0v) is 26.1. The summed E-state index contributed by atoms with van der Waals surface area (Å²) in [5.41, 5.74) is 1.64. The smallest absolute Gasteiger partial charge is 0.261 e. The highest BCUT2D eigenvalue weighted by Gasteiger charge is 2.32. The van der Waals surface area contributed by atoms with Crippen LogP contribution in [0.25, 0.3) is 0 Å². The molecule has 0 fully saturated rings. The van der Waals surface area contributed by atoms with E-state index in [4.69, 9.17) is 9.47 Å². The summed E-state index contributed by atoms with van der Waals surface area (Å²) < 4.78 is 52.2. The fourth-order valence-electron chi connectivity index (χ4n) is 4.44. The van der Waals surface area contributed by atoms with Crippen LogP contribution >= 0.6 is 0 Å². The molecule has 1 atom stereocenters. The average molecular weight is 634 g/mol. The predicted octanol–water partition coefficient (Wildman–Crippen LogP) is 5.56. The molecule has 0 radical (unpaired) electrons. The van der Waals surface area contributed by atoms with Gasteiger partial charge in [-0.1, -0.05) is 56.3 Å². The van der Waals surface area contributed by atoms with Crippen LogP contribution in [0.2, 0.25) is 0 Å². The summed E-state index contributed by atoms with van der Waals surface area (Å²) in [7, 11) is -2.38. The molecule has 0 spiro atoms. The van der Waals surface area contributed by atoms with Gasteiger partial charge in [0.1, 0.15) is 23.4 Å². The van der Waals surface area contributed by atoms with Gasteiger partial charge in [-0.3, -0.25) is 14.3 Å². The fraction of sp³-hybridized carbons (Fsp3) is 0.235. The van der Waals surface area contributed by atoms with E-state index in [1.165, 1.54) is 41.3 Å². The van der Waals surface area contributed by atoms with Crippen molar-refractivity contribution in [2.75, 3.05) is 25.0 Å². The topological polar surface area (TPSA) is 114 Å². The second kappa shape index (κ2) is 15.2. The van der Waals surface area contributed by atoms with Crippen LogP contribution in [0.4, 0.5) is 10.1 Å². The van der Waals surface area contributed by atoms with E-state index in [1.807, 2.05) is 44.2 Å². The predicted molar refractivity (Wildman–Crippen MR) is 170 cm³/mol. The third kappa shape index (κ3) is 9.29. The van der Waals surface area contributed by atoms with Crippen molar-refractivity contribution in [2.24, 2.45) is 5.92 Å². The molecule has 0 aliphatic heterocycles. The molecule has 0 aliphatic carbocycles. The van der Waals surface area contributed by atoms with Gasteiger partial charge in [0.15, 0.2) is 6.61 Å². The second-order valence-electron chi connectivity index (χ2n) is 10.7. The first-order chi connectivity index (χ1) is 21.6. The summed E-state index contributed by atoms with van der Waals surface area (Å²) >= 11 is 0. The number of sulfonamides is 1. The number of hydrogen-bond donors (Lipinski definition) is 2. The van der Waals surface area contributed by atoms with Gasteiger partial charge in [-0.2, -0.15) is 0 Å². The van der Waals surface area contributed by atoms with E-state index in [1.54, 1.807) is 31.4 Å². The molecule has 0 aliphatic rings. The molecule has 236 valence electrons. The van der Waals surface area contributed by atoms with Gasteiger partial charge in [0.25, 0.3) is 15.9 Å². The van der Waals surface area contributed by atoms with Gasteiger partial charge in [0.2, 0.25) is 5.91 Å². The Labute approximate surface area is 263 Å². The Balaban J connectivity index is 1.55. The van der Waals surface area contributed by atoms with Crippen molar-refractivity contribution in [3.63, 3.8) is 0 Å². The maximum absolute atomic E-state index is 13.8. The quantitative estimate of drug-likeness (QED) is 0.188. The van der Waals surface area contributed by atoms with E-state index in [2.05, 4.69) is 10.0 Å². The van der Waals surface area contributed by atoms with Crippen LogP contribution in [-0.2, 0) is 26.2 Å². The highest BCUT2D eigenvalue weighted by Crippen LogP contribution is 2.26. The molecular formula is C34H36FN3O6S. The number of carbonyl (C=O) groups is 2. The minimum Gasteiger partial charge on any atom is -0.497 e. The van der Waals surface area contributed by atoms with Crippen molar-refractivity contribution in [3.05, 3.63) is 120 Å². The molecule has 45 heavy (non-hydrogen) atoms. The lowest BCUT2D eigenvalue weighted by molar-refractivity contribution is -0.143. The number of carbonyl (C=O) groups excluding carboxylic acids is 2. The number of ether oxygens (including phenoxy) is 2. The molecule has 4 rings (SSSR count). The lowest BCUT2D eigenvalue weighted by atomic mass is 10.0. The second-order valence-corrected chi connectivity index (χ2v) is 12.4. The standard InChI is InChI=1S/C34H36FN3O6S/c1-24(2)21-36-34(40)33(26-7-5-4-6-8-26)38(22-25-9-15-29(43-3)16-10-25)32(39)23-44-30-17-19-31(20-18-30)45(41,42)37-28-13-11-27(35)12-14-28/h4-20,24,33,37H,21-23H2,1-3H3,(H,36,40)/t33-/m0/s1. The number of hydrogen-bond acceptors (Lipinski definition) is 6. The normalized spacial score (nSPS) is 11.8. The van der Waals surface area contributed by atoms with E-state index in [0.29, 0.717) is 17.9 Å². The Bertz CT molecular complexity index is 1660. The maximum atomic E-state index is 13.8. The molecule has 4 aromatic carbocycles. The largest absolute Gasteiger partial charge is 0.497 e. The third-order valence-electron chi connectivity index (χ3n) is 6.78. The summed E-state index contributed by atoms with van der Waals surface area (Å²) in [6.45, 7) is 4.13. The zero-order valence-electron chi connectivity index (χ0n) is 25.3.